The zero-order valence-electron chi connectivity index (χ0n) is 14.9. The van der Waals surface area contributed by atoms with Crippen molar-refractivity contribution in [2.75, 3.05) is 12.9 Å². The van der Waals surface area contributed by atoms with Gasteiger partial charge in [-0.3, -0.25) is 9.89 Å². The number of hydrogen-bond donors (Lipinski definition) is 2. The zero-order valence-corrected chi connectivity index (χ0v) is 15.7. The number of carboxylic acid groups (broad SMARTS) is 1. The van der Waals surface area contributed by atoms with Gasteiger partial charge in [0, 0.05) is 11.6 Å². The summed E-state index contributed by atoms with van der Waals surface area (Å²) in [6, 6.07) is 14.5. The first-order chi connectivity index (χ1) is 13.6. The average Bonchev–Trinajstić information content (AvgIpc) is 3.20. The van der Waals surface area contributed by atoms with Gasteiger partial charge in [-0.2, -0.15) is 0 Å². The molecule has 1 aromatic heterocycles. The van der Waals surface area contributed by atoms with E-state index in [0.717, 1.165) is 17.3 Å². The van der Waals surface area contributed by atoms with E-state index in [-0.39, 0.29) is 11.4 Å². The van der Waals surface area contributed by atoms with Gasteiger partial charge in [0.2, 0.25) is 10.9 Å². The molecule has 0 aliphatic rings. The molecular weight excluding hydrogens is 384 g/mol. The van der Waals surface area contributed by atoms with Crippen molar-refractivity contribution in [3.63, 3.8) is 0 Å². The van der Waals surface area contributed by atoms with Crippen LogP contribution >= 0.6 is 11.8 Å². The van der Waals surface area contributed by atoms with Crippen molar-refractivity contribution in [2.24, 2.45) is 0 Å². The van der Waals surface area contributed by atoms with Crippen LogP contribution in [-0.2, 0) is 16.2 Å². The molecule has 9 nitrogen and oxygen atoms in total. The Morgan fingerprint density at radius 3 is 2.75 bits per heavy atom. The van der Waals surface area contributed by atoms with Gasteiger partial charge in [-0.15, -0.1) is 5.10 Å². The monoisotopic (exact) mass is 401 g/mol. The van der Waals surface area contributed by atoms with Gasteiger partial charge < -0.3 is 9.84 Å². The molecule has 0 atom stereocenters. The Balaban J connectivity index is 1.82. The minimum absolute atomic E-state index is 0.146. The Kier molecular flexibility index (Phi) is 6.22. The van der Waals surface area contributed by atoms with Crippen molar-refractivity contribution < 1.29 is 24.4 Å². The molecule has 3 rings (SSSR count). The summed E-state index contributed by atoms with van der Waals surface area (Å²) in [5, 5.41) is 15.7. The maximum atomic E-state index is 12.1. The van der Waals surface area contributed by atoms with Gasteiger partial charge in [0.25, 0.3) is 4.92 Å². The molecule has 2 aromatic carbocycles. The maximum absolute atomic E-state index is 12.1. The molecule has 0 aliphatic heterocycles. The molecule has 0 amide bonds. The molecule has 144 valence electrons. The van der Waals surface area contributed by atoms with Crippen LogP contribution in [0.1, 0.15) is 5.56 Å². The van der Waals surface area contributed by atoms with Gasteiger partial charge in [0.1, 0.15) is 6.61 Å². The van der Waals surface area contributed by atoms with Crippen LogP contribution in [0.3, 0.4) is 0 Å². The summed E-state index contributed by atoms with van der Waals surface area (Å²) >= 11 is 0.993. The van der Waals surface area contributed by atoms with Crippen LogP contribution in [0.25, 0.3) is 11.4 Å². The number of aliphatic carboxylic acids is 1. The van der Waals surface area contributed by atoms with E-state index in [0.29, 0.717) is 33.8 Å². The molecular formula is C18H17N4O5S+. The van der Waals surface area contributed by atoms with Crippen LogP contribution in [-0.4, -0.2) is 44.0 Å². The number of rotatable bonds is 9. The third kappa shape index (κ3) is 4.86. The Morgan fingerprint density at radius 1 is 1.25 bits per heavy atom. The highest BCUT2D eigenvalue weighted by molar-refractivity contribution is 7.99. The molecule has 0 aliphatic carbocycles. The van der Waals surface area contributed by atoms with E-state index in [2.05, 4.69) is 15.2 Å². The third-order valence-corrected chi connectivity index (χ3v) is 4.45. The number of benzene rings is 2. The summed E-state index contributed by atoms with van der Waals surface area (Å²) in [6.07, 6.45) is 0. The number of aromatic amines is 1. The zero-order chi connectivity index (χ0) is 19.9. The highest BCUT2D eigenvalue weighted by Gasteiger charge is 2.24. The number of carbonyl (C=O) groups is 1. The lowest BCUT2D eigenvalue weighted by atomic mass is 10.1. The van der Waals surface area contributed by atoms with E-state index in [1.165, 1.54) is 7.11 Å². The molecule has 0 fully saturated rings. The first kappa shape index (κ1) is 19.4. The summed E-state index contributed by atoms with van der Waals surface area (Å²) in [5.74, 6) is -0.356. The second-order valence-electron chi connectivity index (χ2n) is 5.55. The van der Waals surface area contributed by atoms with Crippen molar-refractivity contribution in [3.8, 4) is 17.1 Å². The Labute approximate surface area is 164 Å². The van der Waals surface area contributed by atoms with Crippen LogP contribution in [0.2, 0.25) is 0 Å². The number of aromatic nitrogens is 3. The van der Waals surface area contributed by atoms with Crippen molar-refractivity contribution in [2.45, 2.75) is 11.8 Å². The van der Waals surface area contributed by atoms with Gasteiger partial charge in [0.05, 0.1) is 10.7 Å². The lowest BCUT2D eigenvalue weighted by molar-refractivity contribution is -0.736. The fraction of sp³-hybridized carbons (Fsp3) is 0.167. The molecule has 1 heterocycles. The van der Waals surface area contributed by atoms with E-state index in [4.69, 9.17) is 14.7 Å². The predicted molar refractivity (Wildman–Crippen MR) is 101 cm³/mol. The number of nitrogens with one attached hydrogen (secondary N) is 1. The SMILES string of the molecule is CO[N+](=O)c1cc(-c2nc(SCC(=O)O)n[nH]2)ccc1OCc1ccccc1. The minimum atomic E-state index is -0.958. The molecule has 0 radical (unpaired) electrons. The molecule has 28 heavy (non-hydrogen) atoms. The van der Waals surface area contributed by atoms with Crippen molar-refractivity contribution >= 4 is 23.4 Å². The Bertz CT molecular complexity index is 977. The fourth-order valence-corrected chi connectivity index (χ4v) is 2.85. The quantitative estimate of drug-likeness (QED) is 0.415. The number of carboxylic acids is 1. The summed E-state index contributed by atoms with van der Waals surface area (Å²) in [7, 11) is 1.26. The first-order valence-electron chi connectivity index (χ1n) is 8.16. The van der Waals surface area contributed by atoms with Crippen molar-refractivity contribution in [1.82, 2.24) is 15.2 Å². The summed E-state index contributed by atoms with van der Waals surface area (Å²) < 4.78 is 5.77. The predicted octanol–water partition coefficient (Wildman–Crippen LogP) is 3.20. The molecule has 0 saturated carbocycles. The second kappa shape index (κ2) is 9.00. The van der Waals surface area contributed by atoms with E-state index < -0.39 is 5.97 Å². The lowest BCUT2D eigenvalue weighted by Gasteiger charge is -2.07. The fourth-order valence-electron chi connectivity index (χ4n) is 2.33. The normalized spacial score (nSPS) is 10.5. The van der Waals surface area contributed by atoms with Crippen molar-refractivity contribution in [3.05, 3.63) is 59.0 Å². The Morgan fingerprint density at radius 2 is 2.04 bits per heavy atom. The minimum Gasteiger partial charge on any atom is -0.482 e. The van der Waals surface area contributed by atoms with Crippen LogP contribution in [0.15, 0.2) is 53.7 Å². The summed E-state index contributed by atoms with van der Waals surface area (Å²) in [5.41, 5.74) is 1.71. The van der Waals surface area contributed by atoms with Gasteiger partial charge >= 0.3 is 11.7 Å². The van der Waals surface area contributed by atoms with E-state index in [1.54, 1.807) is 18.2 Å². The molecule has 0 spiro atoms. The van der Waals surface area contributed by atoms with Crippen LogP contribution < -0.4 is 4.74 Å². The Hall–Kier alpha value is -3.40. The van der Waals surface area contributed by atoms with Crippen LogP contribution in [0.4, 0.5) is 5.69 Å². The maximum Gasteiger partial charge on any atom is 0.358 e. The molecule has 0 saturated heterocycles. The number of H-pyrrole nitrogens is 1. The second-order valence-corrected chi connectivity index (χ2v) is 6.49. The summed E-state index contributed by atoms with van der Waals surface area (Å²) in [4.78, 5) is 32.1. The molecule has 2 N–H and O–H groups in total. The molecule has 3 aromatic rings. The van der Waals surface area contributed by atoms with Crippen LogP contribution in [0.5, 0.6) is 5.75 Å². The van der Waals surface area contributed by atoms with Gasteiger partial charge in [-0.25, -0.2) is 9.82 Å². The summed E-state index contributed by atoms with van der Waals surface area (Å²) in [6.45, 7) is 0.295. The van der Waals surface area contributed by atoms with Gasteiger partial charge in [-0.05, 0) is 17.7 Å². The highest BCUT2D eigenvalue weighted by Crippen LogP contribution is 2.32. The van der Waals surface area contributed by atoms with E-state index >= 15 is 0 Å². The van der Waals surface area contributed by atoms with Crippen LogP contribution in [0, 0.1) is 4.91 Å². The molecule has 10 heteroatoms. The number of nitrogens with zero attached hydrogens (tertiary/aromatic N) is 3. The number of hydrogen-bond acceptors (Lipinski definition) is 7. The van der Waals surface area contributed by atoms with E-state index in [9.17, 15) is 9.70 Å². The topological polar surface area (TPSA) is 117 Å². The molecule has 0 unspecified atom stereocenters. The highest BCUT2D eigenvalue weighted by atomic mass is 32.2. The van der Waals surface area contributed by atoms with Crippen molar-refractivity contribution in [1.29, 1.82) is 0 Å². The number of thioether (sulfide) groups is 1. The molecule has 0 bridgehead atoms. The average molecular weight is 401 g/mol. The smallest absolute Gasteiger partial charge is 0.358 e. The largest absolute Gasteiger partial charge is 0.482 e. The standard InChI is InChI=1S/C18H16N4O5S/c1-26-22(25)14-9-13(17-19-18(21-20-17)28-11-16(23)24)7-8-15(14)27-10-12-5-3-2-4-6-12/h2-9H,10-11H2,1H3,(H-,19,20,21,23,24)/p+1. The first-order valence-corrected chi connectivity index (χ1v) is 9.15. The van der Waals surface area contributed by atoms with Gasteiger partial charge in [0.15, 0.2) is 12.9 Å². The third-order valence-electron chi connectivity index (χ3n) is 3.62. The lowest BCUT2D eigenvalue weighted by Crippen LogP contribution is -2.03. The number of ether oxygens (including phenoxy) is 1. The van der Waals surface area contributed by atoms with Gasteiger partial charge in [-0.1, -0.05) is 42.1 Å². The van der Waals surface area contributed by atoms with E-state index in [1.807, 2.05) is 30.3 Å².